The van der Waals surface area contributed by atoms with Crippen LogP contribution in [0.2, 0.25) is 6.32 Å². The Morgan fingerprint density at radius 1 is 1.56 bits per heavy atom. The molecule has 1 aliphatic rings. The highest BCUT2D eigenvalue weighted by molar-refractivity contribution is 7.93. The fraction of sp³-hybridized carbons (Fsp3) is 0.455. The van der Waals surface area contributed by atoms with Gasteiger partial charge in [-0.3, -0.25) is 0 Å². The molecule has 5 heteroatoms. The Balaban J connectivity index is 2.81. The maximum absolute atomic E-state index is 11.8. The van der Waals surface area contributed by atoms with E-state index >= 15 is 0 Å². The molecule has 0 spiro atoms. The molecule has 1 fully saturated rings. The van der Waals surface area contributed by atoms with Crippen LogP contribution in [0.3, 0.4) is 0 Å². The highest BCUT2D eigenvalue weighted by atomic mass is 32.2. The third-order valence-electron chi connectivity index (χ3n) is 2.28. The molecule has 16 heavy (non-hydrogen) atoms. The molecule has 0 aromatic rings. The topological polar surface area (TPSA) is 46.2 Å². The predicted octanol–water partition coefficient (Wildman–Crippen LogP) is 1.67. The molecule has 86 valence electrons. The lowest BCUT2D eigenvalue weighted by molar-refractivity contribution is 0.587. The summed E-state index contributed by atoms with van der Waals surface area (Å²) in [4.78, 5) is 0.290. The van der Waals surface area contributed by atoms with E-state index < -0.39 is 10.0 Å². The number of allylic oxidation sites excluding steroid dienone is 5. The van der Waals surface area contributed by atoms with Crippen molar-refractivity contribution in [3.05, 3.63) is 35.3 Å². The van der Waals surface area contributed by atoms with Gasteiger partial charge in [0.25, 0.3) is 0 Å². The first kappa shape index (κ1) is 13.3. The lowest BCUT2D eigenvalue weighted by Crippen LogP contribution is -2.26. The molecular weight excluding hydrogens is 221 g/mol. The maximum Gasteiger partial charge on any atom is 0.236 e. The zero-order chi connectivity index (χ0) is 12.2. The minimum atomic E-state index is -3.34. The second-order valence-corrected chi connectivity index (χ2v) is 5.72. The average molecular weight is 237 g/mol. The van der Waals surface area contributed by atoms with E-state index in [0.717, 1.165) is 18.4 Å². The Kier molecular flexibility index (Phi) is 4.56. The van der Waals surface area contributed by atoms with E-state index in [0.29, 0.717) is 6.32 Å². The summed E-state index contributed by atoms with van der Waals surface area (Å²) in [7, 11) is 2.15. The smallest absolute Gasteiger partial charge is 0.208 e. The van der Waals surface area contributed by atoms with E-state index in [1.165, 1.54) is 0 Å². The van der Waals surface area contributed by atoms with Gasteiger partial charge >= 0.3 is 0 Å². The third kappa shape index (κ3) is 3.98. The van der Waals surface area contributed by atoms with E-state index in [1.807, 2.05) is 0 Å². The van der Waals surface area contributed by atoms with Crippen LogP contribution in [-0.4, -0.2) is 22.3 Å². The summed E-state index contributed by atoms with van der Waals surface area (Å²) in [6, 6.07) is 0.123. The molecule has 2 radical (unpaired) electrons. The second-order valence-electron chi connectivity index (χ2n) is 3.83. The zero-order valence-corrected chi connectivity index (χ0v) is 10.3. The highest BCUT2D eigenvalue weighted by Gasteiger charge is 2.27. The average Bonchev–Trinajstić information content (AvgIpc) is 3.00. The quantitative estimate of drug-likeness (QED) is 0.564. The lowest BCUT2D eigenvalue weighted by atomic mass is 9.96. The van der Waals surface area contributed by atoms with Crippen LogP contribution in [0.5, 0.6) is 0 Å². The van der Waals surface area contributed by atoms with Gasteiger partial charge in [-0.1, -0.05) is 30.6 Å². The van der Waals surface area contributed by atoms with Gasteiger partial charge in [0.15, 0.2) is 0 Å². The van der Waals surface area contributed by atoms with Crippen molar-refractivity contribution in [1.82, 2.24) is 4.72 Å². The second kappa shape index (κ2) is 5.50. The summed E-state index contributed by atoms with van der Waals surface area (Å²) in [5.74, 6) is 0. The van der Waals surface area contributed by atoms with Gasteiger partial charge in [0.05, 0.1) is 12.8 Å². The predicted molar refractivity (Wildman–Crippen MR) is 67.7 cm³/mol. The van der Waals surface area contributed by atoms with Crippen molar-refractivity contribution in [2.75, 3.05) is 0 Å². The van der Waals surface area contributed by atoms with Crippen molar-refractivity contribution < 1.29 is 8.42 Å². The van der Waals surface area contributed by atoms with Gasteiger partial charge in [0, 0.05) is 6.04 Å². The van der Waals surface area contributed by atoms with Crippen LogP contribution in [0, 0.1) is 0 Å². The molecule has 0 amide bonds. The molecule has 1 N–H and O–H groups in total. The van der Waals surface area contributed by atoms with Crippen molar-refractivity contribution in [3.8, 4) is 0 Å². The van der Waals surface area contributed by atoms with Crippen LogP contribution >= 0.6 is 0 Å². The molecule has 0 atom stereocenters. The zero-order valence-electron chi connectivity index (χ0n) is 9.44. The summed E-state index contributed by atoms with van der Waals surface area (Å²) in [5.41, 5.74) is 0.744. The van der Waals surface area contributed by atoms with Gasteiger partial charge in [-0.15, -0.1) is 0 Å². The number of hydrogen-bond acceptors (Lipinski definition) is 2. The molecule has 0 aromatic heterocycles. The van der Waals surface area contributed by atoms with E-state index in [1.54, 1.807) is 25.2 Å². The summed E-state index contributed by atoms with van der Waals surface area (Å²) in [6.45, 7) is 5.12. The molecule has 1 saturated carbocycles. The molecule has 0 aliphatic heterocycles. The largest absolute Gasteiger partial charge is 0.236 e. The lowest BCUT2D eigenvalue weighted by Gasteiger charge is -2.06. The van der Waals surface area contributed by atoms with E-state index in [2.05, 4.69) is 11.3 Å². The van der Waals surface area contributed by atoms with Crippen LogP contribution < -0.4 is 4.72 Å². The summed E-state index contributed by atoms with van der Waals surface area (Å²) < 4.78 is 26.1. The first-order chi connectivity index (χ1) is 7.49. The number of hydrogen-bond donors (Lipinski definition) is 1. The summed E-state index contributed by atoms with van der Waals surface area (Å²) in [5, 5.41) is 0. The fourth-order valence-corrected chi connectivity index (χ4v) is 2.35. The van der Waals surface area contributed by atoms with Crippen molar-refractivity contribution in [2.24, 2.45) is 0 Å². The normalized spacial score (nSPS) is 18.6. The molecule has 3 nitrogen and oxygen atoms in total. The molecule has 0 saturated heterocycles. The SMILES string of the molecule is [B]CC(=C/C=C)/C=C(\C)S(=O)(=O)NC1CC1. The molecule has 0 aromatic carbocycles. The molecule has 0 unspecified atom stereocenters. The maximum atomic E-state index is 11.8. The summed E-state index contributed by atoms with van der Waals surface area (Å²) in [6.07, 6.45) is 7.02. The molecule has 1 rings (SSSR count). The Hall–Kier alpha value is -0.805. The fourth-order valence-electron chi connectivity index (χ4n) is 1.18. The number of nitrogens with one attached hydrogen (secondary N) is 1. The molecular formula is C11H16BNO2S. The third-order valence-corrected chi connectivity index (χ3v) is 3.89. The number of sulfonamides is 1. The number of rotatable bonds is 6. The Labute approximate surface area is 98.8 Å². The van der Waals surface area contributed by atoms with Gasteiger partial charge in [0.2, 0.25) is 10.0 Å². The van der Waals surface area contributed by atoms with Crippen molar-refractivity contribution >= 4 is 17.9 Å². The Morgan fingerprint density at radius 3 is 2.62 bits per heavy atom. The first-order valence-corrected chi connectivity index (χ1v) is 6.70. The minimum absolute atomic E-state index is 0.123. The molecule has 1 aliphatic carbocycles. The monoisotopic (exact) mass is 237 g/mol. The van der Waals surface area contributed by atoms with Crippen LogP contribution in [0.4, 0.5) is 0 Å². The van der Waals surface area contributed by atoms with E-state index in [-0.39, 0.29) is 10.9 Å². The van der Waals surface area contributed by atoms with Crippen LogP contribution in [0.15, 0.2) is 35.3 Å². The van der Waals surface area contributed by atoms with Crippen LogP contribution in [0.25, 0.3) is 0 Å². The van der Waals surface area contributed by atoms with Gasteiger partial charge in [-0.2, -0.15) is 0 Å². The van der Waals surface area contributed by atoms with Gasteiger partial charge in [-0.05, 0) is 25.8 Å². The van der Waals surface area contributed by atoms with Crippen LogP contribution in [-0.2, 0) is 10.0 Å². The van der Waals surface area contributed by atoms with Crippen molar-refractivity contribution in [1.29, 1.82) is 0 Å². The van der Waals surface area contributed by atoms with Crippen molar-refractivity contribution in [2.45, 2.75) is 32.1 Å². The minimum Gasteiger partial charge on any atom is -0.208 e. The molecule has 0 bridgehead atoms. The standard InChI is InChI=1S/C11H16BNO2S/c1-3-4-10(8-12)7-9(2)16(14,15)13-11-5-6-11/h3-4,7,11,13H,1,5-6,8H2,2H3/b9-7+,10-4+. The molecule has 0 heterocycles. The van der Waals surface area contributed by atoms with E-state index in [4.69, 9.17) is 7.85 Å². The van der Waals surface area contributed by atoms with Gasteiger partial charge < -0.3 is 0 Å². The Bertz CT molecular complexity index is 419. The summed E-state index contributed by atoms with van der Waals surface area (Å²) >= 11 is 0. The van der Waals surface area contributed by atoms with E-state index in [9.17, 15) is 8.42 Å². The van der Waals surface area contributed by atoms with Gasteiger partial charge in [0.1, 0.15) is 0 Å². The van der Waals surface area contributed by atoms with Crippen LogP contribution in [0.1, 0.15) is 19.8 Å². The Morgan fingerprint density at radius 2 is 2.19 bits per heavy atom. The van der Waals surface area contributed by atoms with Crippen molar-refractivity contribution in [3.63, 3.8) is 0 Å². The highest BCUT2D eigenvalue weighted by Crippen LogP contribution is 2.22. The van der Waals surface area contributed by atoms with Gasteiger partial charge in [-0.25, -0.2) is 13.1 Å². The first-order valence-electron chi connectivity index (χ1n) is 5.22.